The third-order valence-electron chi connectivity index (χ3n) is 13.7. The van der Waals surface area contributed by atoms with Gasteiger partial charge in [0.2, 0.25) is 53.2 Å². The topological polar surface area (TPSA) is 348 Å². The highest BCUT2D eigenvalue weighted by Gasteiger charge is 2.41. The van der Waals surface area contributed by atoms with Crippen molar-refractivity contribution in [2.75, 3.05) is 34.7 Å². The van der Waals surface area contributed by atoms with Crippen LogP contribution in [-0.4, -0.2) is 195 Å². The van der Waals surface area contributed by atoms with Crippen LogP contribution in [0.1, 0.15) is 99.6 Å². The van der Waals surface area contributed by atoms with Crippen LogP contribution in [-0.2, 0) is 65.6 Å². The highest BCUT2D eigenvalue weighted by molar-refractivity contribution is 5.98. The molecule has 10 atom stereocenters. The molecular weight excluding hydrogens is 1050 g/mol. The van der Waals surface area contributed by atoms with Gasteiger partial charge >= 0.3 is 11.9 Å². The van der Waals surface area contributed by atoms with Crippen LogP contribution in [0.4, 0.5) is 0 Å². The minimum absolute atomic E-state index is 0.0926. The molecule has 9 amide bonds. The predicted octanol–water partition coefficient (Wildman–Crippen LogP) is 0.527. The second kappa shape index (κ2) is 32.7. The van der Waals surface area contributed by atoms with Gasteiger partial charge in [-0.25, -0.2) is 4.79 Å². The lowest BCUT2D eigenvalue weighted by atomic mass is 9.96. The number of carboxylic acid groups (broad SMARTS) is 2. The number of rotatable bonds is 32. The number of hydrogen-bond acceptors (Lipinski definition) is 13. The van der Waals surface area contributed by atoms with Crippen molar-refractivity contribution in [3.8, 4) is 0 Å². The number of benzene rings is 2. The number of aliphatic hydroxyl groups excluding tert-OH is 1. The number of carbonyl (C=O) groups excluding carboxylic acids is 9. The lowest BCUT2D eigenvalue weighted by Crippen LogP contribution is -2.62. The molecule has 0 heterocycles. The Morgan fingerprint density at radius 2 is 0.963 bits per heavy atom. The van der Waals surface area contributed by atoms with Gasteiger partial charge in [0.1, 0.15) is 48.3 Å². The highest BCUT2D eigenvalue weighted by atomic mass is 16.4. The zero-order valence-corrected chi connectivity index (χ0v) is 49.3. The van der Waals surface area contributed by atoms with Gasteiger partial charge in [0.25, 0.3) is 0 Å². The molecule has 10 N–H and O–H groups in total. The van der Waals surface area contributed by atoms with E-state index in [9.17, 15) is 68.1 Å². The molecule has 0 aromatic heterocycles. The van der Waals surface area contributed by atoms with Gasteiger partial charge in [-0.05, 0) is 61.5 Å². The van der Waals surface area contributed by atoms with Crippen LogP contribution in [0.15, 0.2) is 60.7 Å². The summed E-state index contributed by atoms with van der Waals surface area (Å²) in [5, 5.41) is 42.7. The van der Waals surface area contributed by atoms with E-state index in [2.05, 4.69) is 26.6 Å². The number of nitrogens with zero attached hydrogens (tertiary/aromatic N) is 4. The van der Waals surface area contributed by atoms with E-state index >= 15 is 0 Å². The Bertz CT molecular complexity index is 2470. The van der Waals surface area contributed by atoms with E-state index in [4.69, 9.17) is 5.73 Å². The quantitative estimate of drug-likeness (QED) is 0.0483. The van der Waals surface area contributed by atoms with Gasteiger partial charge in [-0.2, -0.15) is 0 Å². The molecule has 24 nitrogen and oxygen atoms in total. The first-order valence-electron chi connectivity index (χ1n) is 27.2. The molecular formula is C57H88N10O14. The molecule has 0 aliphatic carbocycles. The number of aliphatic carboxylic acids is 2. The summed E-state index contributed by atoms with van der Waals surface area (Å²) in [6, 6.07) is 5.22. The molecule has 0 aliphatic rings. The van der Waals surface area contributed by atoms with Crippen LogP contribution in [0.25, 0.3) is 0 Å². The van der Waals surface area contributed by atoms with Crippen molar-refractivity contribution in [3.05, 3.63) is 71.8 Å². The average Bonchev–Trinajstić information content (AvgIpc) is 3.41. The zero-order valence-electron chi connectivity index (χ0n) is 49.3. The summed E-state index contributed by atoms with van der Waals surface area (Å²) in [6.07, 6.45) is -2.47. The van der Waals surface area contributed by atoms with Gasteiger partial charge in [-0.15, -0.1) is 0 Å². The van der Waals surface area contributed by atoms with Crippen LogP contribution in [0.2, 0.25) is 0 Å². The fraction of sp³-hybridized carbons (Fsp3) is 0.596. The molecule has 0 spiro atoms. The lowest BCUT2D eigenvalue weighted by Gasteiger charge is -2.37. The summed E-state index contributed by atoms with van der Waals surface area (Å²) < 4.78 is 0. The minimum Gasteiger partial charge on any atom is -0.481 e. The molecule has 0 aliphatic heterocycles. The Balaban J connectivity index is 2.47. The van der Waals surface area contributed by atoms with E-state index in [0.717, 1.165) is 14.7 Å². The summed E-state index contributed by atoms with van der Waals surface area (Å²) >= 11 is 0. The fourth-order valence-corrected chi connectivity index (χ4v) is 9.02. The van der Waals surface area contributed by atoms with Gasteiger partial charge in [-0.1, -0.05) is 116 Å². The van der Waals surface area contributed by atoms with Gasteiger partial charge in [-0.3, -0.25) is 47.9 Å². The van der Waals surface area contributed by atoms with Crippen molar-refractivity contribution in [2.45, 2.75) is 162 Å². The molecule has 2 aromatic carbocycles. The van der Waals surface area contributed by atoms with Crippen LogP contribution in [0.5, 0.6) is 0 Å². The maximum absolute atomic E-state index is 14.6. The second-order valence-electron chi connectivity index (χ2n) is 22.2. The van der Waals surface area contributed by atoms with Crippen molar-refractivity contribution in [3.63, 3.8) is 0 Å². The van der Waals surface area contributed by atoms with Crippen LogP contribution in [0, 0.1) is 23.7 Å². The van der Waals surface area contributed by atoms with Gasteiger partial charge in [0.15, 0.2) is 0 Å². The van der Waals surface area contributed by atoms with Crippen molar-refractivity contribution < 1.29 is 68.1 Å². The highest BCUT2D eigenvalue weighted by Crippen LogP contribution is 2.21. The fourth-order valence-electron chi connectivity index (χ4n) is 9.02. The van der Waals surface area contributed by atoms with Crippen molar-refractivity contribution in [1.82, 2.24) is 46.2 Å². The number of carbonyl (C=O) groups is 11. The van der Waals surface area contributed by atoms with Gasteiger partial charge < -0.3 is 67.2 Å². The third kappa shape index (κ3) is 21.5. The number of nitrogens with one attached hydrogen (secondary N) is 5. The molecule has 2 aromatic rings. The van der Waals surface area contributed by atoms with E-state index in [0.29, 0.717) is 11.1 Å². The number of amides is 9. The SMILES string of the molecule is CC(C)C[C@@H](C(=O)N(C)[C@H](C(=O)N[C@@H](Cc1ccccc1)C(=O)N[C@@H](CC(=O)O)C(=O)O)C(C)C)N(C)C(=O)CNC(=O)[C@H](Cc1ccccc1)N(C)C(=O)[C@@H](NC(=O)[C@H](CC(C)C)N(C)C(=O)[C@@H](NC(=O)[C@H](C)N)C(C)C)[C@@H](C)O. The standard InChI is InChI=1S/C57H88N10O14/c1-31(2)25-41(65(12)55(78)46(33(5)6)62-49(72)35(9)58)52(75)63-47(36(10)68)56(79)66(13)42(28-38-23-19-16-20-24-38)51(74)59-30-44(69)64(11)43(26-32(3)4)54(77)67(14)48(34(7)8)53(76)60-39(27-37-21-17-15-18-22-37)50(73)61-40(57(80)81)29-45(70)71/h15-24,31-36,39-43,46-48,68H,25-30,58H2,1-14H3,(H,59,74)(H,60,76)(H,61,73)(H,62,72)(H,63,75)(H,70,71)(H,80,81)/t35-,36+,39-,40-,41-,42-,43-,46-,47-,48-/m0/s1. The summed E-state index contributed by atoms with van der Waals surface area (Å²) in [4.78, 5) is 154. The first kappa shape index (κ1) is 69.6. The van der Waals surface area contributed by atoms with E-state index in [-0.39, 0.29) is 37.5 Å². The van der Waals surface area contributed by atoms with Crippen molar-refractivity contribution >= 4 is 65.1 Å². The van der Waals surface area contributed by atoms with Gasteiger partial charge in [0, 0.05) is 41.0 Å². The Morgan fingerprint density at radius 1 is 0.494 bits per heavy atom. The largest absolute Gasteiger partial charge is 0.481 e. The lowest BCUT2D eigenvalue weighted by molar-refractivity contribution is -0.150. The zero-order chi connectivity index (χ0) is 61.7. The molecule has 24 heteroatoms. The molecule has 0 unspecified atom stereocenters. The van der Waals surface area contributed by atoms with E-state index in [1.165, 1.54) is 46.9 Å². The summed E-state index contributed by atoms with van der Waals surface area (Å²) in [6.45, 7) is 16.1. The molecule has 0 saturated carbocycles. The first-order valence-corrected chi connectivity index (χ1v) is 27.2. The Labute approximate surface area is 475 Å². The third-order valence-corrected chi connectivity index (χ3v) is 13.7. The van der Waals surface area contributed by atoms with Crippen LogP contribution >= 0.6 is 0 Å². The smallest absolute Gasteiger partial charge is 0.326 e. The maximum atomic E-state index is 14.6. The summed E-state index contributed by atoms with van der Waals surface area (Å²) in [5.74, 6) is -11.3. The molecule has 450 valence electrons. The molecule has 0 saturated heterocycles. The van der Waals surface area contributed by atoms with Crippen molar-refractivity contribution in [2.24, 2.45) is 29.4 Å². The molecule has 0 fully saturated rings. The van der Waals surface area contributed by atoms with Crippen LogP contribution < -0.4 is 32.3 Å². The van der Waals surface area contributed by atoms with E-state index in [1.54, 1.807) is 88.4 Å². The summed E-state index contributed by atoms with van der Waals surface area (Å²) in [7, 11) is 5.42. The maximum Gasteiger partial charge on any atom is 0.326 e. The number of likely N-dealkylation sites (N-methyl/N-ethyl adjacent to an activating group) is 4. The van der Waals surface area contributed by atoms with E-state index < -0.39 is 150 Å². The van der Waals surface area contributed by atoms with Crippen LogP contribution in [0.3, 0.4) is 0 Å². The molecule has 0 radical (unpaired) electrons. The Kier molecular flexibility index (Phi) is 28.1. The number of hydrogen-bond donors (Lipinski definition) is 9. The predicted molar refractivity (Wildman–Crippen MR) is 301 cm³/mol. The Hall–Kier alpha value is -7.47. The monoisotopic (exact) mass is 1140 g/mol. The number of carboxylic acids is 2. The Morgan fingerprint density at radius 3 is 1.42 bits per heavy atom. The van der Waals surface area contributed by atoms with Gasteiger partial charge in [0.05, 0.1) is 25.1 Å². The van der Waals surface area contributed by atoms with E-state index in [1.807, 2.05) is 27.7 Å². The second-order valence-corrected chi connectivity index (χ2v) is 22.2. The molecule has 2 rings (SSSR count). The molecule has 0 bridgehead atoms. The minimum atomic E-state index is -1.82. The van der Waals surface area contributed by atoms with Crippen molar-refractivity contribution in [1.29, 1.82) is 0 Å². The normalized spacial score (nSPS) is 15.1. The molecule has 81 heavy (non-hydrogen) atoms. The first-order chi connectivity index (χ1) is 37.7. The number of nitrogens with two attached hydrogens (primary N) is 1. The average molecular weight is 1140 g/mol. The number of aliphatic hydroxyl groups is 1. The summed E-state index contributed by atoms with van der Waals surface area (Å²) in [5.41, 5.74) is 6.94.